The van der Waals surface area contributed by atoms with E-state index in [1.807, 2.05) is 30.3 Å². The molecule has 1 saturated heterocycles. The van der Waals surface area contributed by atoms with Crippen LogP contribution in [0.25, 0.3) is 11.3 Å². The molecule has 0 aliphatic carbocycles. The third kappa shape index (κ3) is 6.60. The number of carbonyl (C=O) groups excluding carboxylic acids is 1. The molecule has 184 valence electrons. The molecule has 0 bridgehead atoms. The zero-order chi connectivity index (χ0) is 24.7. The molecule has 5 nitrogen and oxygen atoms in total. The van der Waals surface area contributed by atoms with Crippen molar-refractivity contribution in [3.8, 4) is 17.0 Å². The molecule has 0 radical (unpaired) electrons. The Kier molecular flexibility index (Phi) is 8.02. The molecule has 2 aromatic carbocycles. The van der Waals surface area contributed by atoms with Crippen LogP contribution in [0.2, 0.25) is 0 Å². The lowest BCUT2D eigenvalue weighted by atomic mass is 9.92. The fraction of sp³-hybridized carbons (Fsp3) is 0.333. The van der Waals surface area contributed by atoms with Crippen LogP contribution < -0.4 is 15.4 Å². The summed E-state index contributed by atoms with van der Waals surface area (Å²) in [7, 11) is 0. The van der Waals surface area contributed by atoms with Gasteiger partial charge in [-0.05, 0) is 67.9 Å². The molecule has 2 N–H and O–H groups in total. The number of aromatic nitrogens is 1. The number of pyridine rings is 1. The Balaban J connectivity index is 1.65. The molecule has 1 aromatic heterocycles. The van der Waals surface area contributed by atoms with Gasteiger partial charge in [0.15, 0.2) is 0 Å². The van der Waals surface area contributed by atoms with Crippen LogP contribution in [-0.2, 0) is 11.0 Å². The van der Waals surface area contributed by atoms with Gasteiger partial charge >= 0.3 is 6.18 Å². The summed E-state index contributed by atoms with van der Waals surface area (Å²) in [5.41, 5.74) is 0.580. The summed E-state index contributed by atoms with van der Waals surface area (Å²) in [6, 6.07) is 17.5. The second kappa shape index (κ2) is 11.4. The van der Waals surface area contributed by atoms with E-state index in [1.165, 1.54) is 6.07 Å². The Hall–Kier alpha value is -3.39. The lowest BCUT2D eigenvalue weighted by Crippen LogP contribution is -2.40. The number of hydrogen-bond acceptors (Lipinski definition) is 4. The van der Waals surface area contributed by atoms with Crippen molar-refractivity contribution in [3.05, 3.63) is 84.1 Å². The highest BCUT2D eigenvalue weighted by Crippen LogP contribution is 2.36. The van der Waals surface area contributed by atoms with Gasteiger partial charge in [0.2, 0.25) is 5.91 Å². The third-order valence-electron chi connectivity index (χ3n) is 6.14. The number of nitrogens with one attached hydrogen (secondary N) is 2. The predicted octanol–water partition coefficient (Wildman–Crippen LogP) is 5.39. The SMILES string of the molecule is O=C(N[C@@H](CCOc1ccccc1)c1ccc(C(F)(F)F)cc1-c1ccccn1)C1CCNCC1. The first-order valence-corrected chi connectivity index (χ1v) is 11.7. The van der Waals surface area contributed by atoms with Gasteiger partial charge in [0.25, 0.3) is 0 Å². The van der Waals surface area contributed by atoms with Crippen molar-refractivity contribution in [1.29, 1.82) is 0 Å². The van der Waals surface area contributed by atoms with Crippen molar-refractivity contribution < 1.29 is 22.7 Å². The predicted molar refractivity (Wildman–Crippen MR) is 128 cm³/mol. The summed E-state index contributed by atoms with van der Waals surface area (Å²) >= 11 is 0. The average molecular weight is 484 g/mol. The topological polar surface area (TPSA) is 63.2 Å². The van der Waals surface area contributed by atoms with Gasteiger partial charge in [-0.2, -0.15) is 13.2 Å². The summed E-state index contributed by atoms with van der Waals surface area (Å²) in [6.07, 6.45) is -1.12. The minimum absolute atomic E-state index is 0.0944. The van der Waals surface area contributed by atoms with Crippen LogP contribution in [0.15, 0.2) is 72.9 Å². The Labute approximate surface area is 202 Å². The maximum Gasteiger partial charge on any atom is 0.416 e. The minimum atomic E-state index is -4.49. The van der Waals surface area contributed by atoms with E-state index in [0.29, 0.717) is 29.0 Å². The fourth-order valence-corrected chi connectivity index (χ4v) is 4.27. The first-order chi connectivity index (χ1) is 16.9. The van der Waals surface area contributed by atoms with E-state index in [4.69, 9.17) is 4.74 Å². The Morgan fingerprint density at radius 2 is 1.80 bits per heavy atom. The molecule has 3 aromatic rings. The molecule has 8 heteroatoms. The van der Waals surface area contributed by atoms with Gasteiger partial charge in [-0.25, -0.2) is 0 Å². The number of amides is 1. The number of nitrogens with zero attached hydrogens (tertiary/aromatic N) is 1. The Morgan fingerprint density at radius 3 is 2.49 bits per heavy atom. The van der Waals surface area contributed by atoms with Gasteiger partial charge in [0, 0.05) is 24.1 Å². The third-order valence-corrected chi connectivity index (χ3v) is 6.14. The molecule has 0 unspecified atom stereocenters. The highest BCUT2D eigenvalue weighted by Gasteiger charge is 2.32. The molecule has 35 heavy (non-hydrogen) atoms. The molecule has 4 rings (SSSR count). The van der Waals surface area contributed by atoms with E-state index in [1.54, 1.807) is 24.4 Å². The van der Waals surface area contributed by atoms with E-state index >= 15 is 0 Å². The van der Waals surface area contributed by atoms with Gasteiger partial charge in [-0.3, -0.25) is 9.78 Å². The van der Waals surface area contributed by atoms with Crippen molar-refractivity contribution in [3.63, 3.8) is 0 Å². The van der Waals surface area contributed by atoms with Crippen LogP contribution >= 0.6 is 0 Å². The van der Waals surface area contributed by atoms with Crippen molar-refractivity contribution in [2.24, 2.45) is 5.92 Å². The van der Waals surface area contributed by atoms with Crippen molar-refractivity contribution in [2.75, 3.05) is 19.7 Å². The highest BCUT2D eigenvalue weighted by atomic mass is 19.4. The molecule has 1 aliphatic rings. The number of hydrogen-bond donors (Lipinski definition) is 2. The molecule has 1 fully saturated rings. The van der Waals surface area contributed by atoms with Gasteiger partial charge in [-0.15, -0.1) is 0 Å². The summed E-state index contributed by atoms with van der Waals surface area (Å²) in [6.45, 7) is 1.81. The van der Waals surface area contributed by atoms with E-state index in [2.05, 4.69) is 15.6 Å². The van der Waals surface area contributed by atoms with Gasteiger partial charge in [-0.1, -0.05) is 30.3 Å². The first kappa shape index (κ1) is 24.7. The molecule has 0 spiro atoms. The summed E-state index contributed by atoms with van der Waals surface area (Å²) < 4.78 is 46.5. The average Bonchev–Trinajstić information content (AvgIpc) is 2.89. The lowest BCUT2D eigenvalue weighted by Gasteiger charge is -2.27. The maximum atomic E-state index is 13.5. The van der Waals surface area contributed by atoms with E-state index in [-0.39, 0.29) is 18.4 Å². The zero-order valence-electron chi connectivity index (χ0n) is 19.2. The molecule has 1 atom stereocenters. The van der Waals surface area contributed by atoms with E-state index in [9.17, 15) is 18.0 Å². The number of piperidine rings is 1. The van der Waals surface area contributed by atoms with Gasteiger partial charge in [0.1, 0.15) is 5.75 Å². The number of halogens is 3. The normalized spacial score (nSPS) is 15.4. The van der Waals surface area contributed by atoms with Crippen LogP contribution in [0.5, 0.6) is 5.75 Å². The molecule has 2 heterocycles. The number of ether oxygens (including phenoxy) is 1. The van der Waals surface area contributed by atoms with Crippen LogP contribution in [-0.4, -0.2) is 30.6 Å². The molecule has 1 aliphatic heterocycles. The molecule has 0 saturated carbocycles. The second-order valence-corrected chi connectivity index (χ2v) is 8.55. The van der Waals surface area contributed by atoms with E-state index < -0.39 is 17.8 Å². The summed E-state index contributed by atoms with van der Waals surface area (Å²) in [5.74, 6) is 0.456. The number of rotatable bonds is 8. The van der Waals surface area contributed by atoms with Gasteiger partial charge in [0.05, 0.1) is 23.9 Å². The second-order valence-electron chi connectivity index (χ2n) is 8.55. The Bertz CT molecular complexity index is 1100. The number of para-hydroxylation sites is 1. The number of carbonyl (C=O) groups is 1. The summed E-state index contributed by atoms with van der Waals surface area (Å²) in [5, 5.41) is 6.35. The highest BCUT2D eigenvalue weighted by molar-refractivity contribution is 5.80. The smallest absolute Gasteiger partial charge is 0.416 e. The molecular formula is C27H28F3N3O2. The zero-order valence-corrected chi connectivity index (χ0v) is 19.2. The van der Waals surface area contributed by atoms with Crippen molar-refractivity contribution in [2.45, 2.75) is 31.5 Å². The summed E-state index contributed by atoms with van der Waals surface area (Å²) in [4.78, 5) is 17.4. The van der Waals surface area contributed by atoms with Crippen molar-refractivity contribution in [1.82, 2.24) is 15.6 Å². The fourth-order valence-electron chi connectivity index (χ4n) is 4.27. The van der Waals surface area contributed by atoms with Crippen LogP contribution in [0.3, 0.4) is 0 Å². The standard InChI is InChI=1S/C27H28F3N3O2/c28-27(29,30)20-9-10-22(23(18-20)24-8-4-5-14-32-24)25(13-17-35-21-6-2-1-3-7-21)33-26(34)19-11-15-31-16-12-19/h1-10,14,18-19,25,31H,11-13,15-17H2,(H,33,34)/t25-/m0/s1. The number of alkyl halides is 3. The van der Waals surface area contributed by atoms with Crippen LogP contribution in [0, 0.1) is 5.92 Å². The number of benzene rings is 2. The minimum Gasteiger partial charge on any atom is -0.494 e. The maximum absolute atomic E-state index is 13.5. The largest absolute Gasteiger partial charge is 0.494 e. The van der Waals surface area contributed by atoms with Crippen LogP contribution in [0.4, 0.5) is 13.2 Å². The quantitative estimate of drug-likeness (QED) is 0.451. The monoisotopic (exact) mass is 483 g/mol. The van der Waals surface area contributed by atoms with Crippen molar-refractivity contribution >= 4 is 5.91 Å². The van der Waals surface area contributed by atoms with Gasteiger partial charge < -0.3 is 15.4 Å². The first-order valence-electron chi connectivity index (χ1n) is 11.7. The molecule has 1 amide bonds. The van der Waals surface area contributed by atoms with E-state index in [0.717, 1.165) is 38.1 Å². The lowest BCUT2D eigenvalue weighted by molar-refractivity contribution is -0.137. The van der Waals surface area contributed by atoms with Crippen LogP contribution in [0.1, 0.15) is 36.4 Å². The molecular weight excluding hydrogens is 455 g/mol. The Morgan fingerprint density at radius 1 is 1.06 bits per heavy atom.